The van der Waals surface area contributed by atoms with Gasteiger partial charge in [0.15, 0.2) is 11.5 Å². The lowest BCUT2D eigenvalue weighted by atomic mass is 10.0. The number of likely N-dealkylation sites (tertiary alicyclic amines) is 1. The van der Waals surface area contributed by atoms with Crippen molar-refractivity contribution in [1.82, 2.24) is 10.2 Å². The fourth-order valence-electron chi connectivity index (χ4n) is 3.37. The minimum absolute atomic E-state index is 0.000426. The Kier molecular flexibility index (Phi) is 6.01. The van der Waals surface area contributed by atoms with E-state index in [4.69, 9.17) is 9.47 Å². The molecule has 1 aromatic carbocycles. The second kappa shape index (κ2) is 8.43. The van der Waals surface area contributed by atoms with E-state index in [2.05, 4.69) is 5.32 Å². The van der Waals surface area contributed by atoms with Crippen LogP contribution < -0.4 is 14.8 Å². The molecular weight excluding hydrogens is 364 g/mol. The third-order valence-electron chi connectivity index (χ3n) is 4.73. The van der Waals surface area contributed by atoms with Crippen molar-refractivity contribution in [2.24, 2.45) is 0 Å². The molecule has 1 aromatic heterocycles. The van der Waals surface area contributed by atoms with Gasteiger partial charge in [-0.15, -0.1) is 11.3 Å². The van der Waals surface area contributed by atoms with Crippen molar-refractivity contribution in [3.8, 4) is 11.5 Å². The van der Waals surface area contributed by atoms with Crippen molar-refractivity contribution >= 4 is 23.2 Å². The third kappa shape index (κ3) is 4.24. The van der Waals surface area contributed by atoms with Crippen LogP contribution in [-0.4, -0.2) is 44.0 Å². The van der Waals surface area contributed by atoms with Crippen LogP contribution in [-0.2, 0) is 4.79 Å². The summed E-state index contributed by atoms with van der Waals surface area (Å²) in [5.74, 6) is 1.03. The molecular formula is C20H24N2O4S. The number of hydrogen-bond acceptors (Lipinski definition) is 5. The number of aryl methyl sites for hydroxylation is 1. The first-order valence-electron chi connectivity index (χ1n) is 8.89. The van der Waals surface area contributed by atoms with Gasteiger partial charge in [0.1, 0.15) is 0 Å². The van der Waals surface area contributed by atoms with Crippen LogP contribution in [0, 0.1) is 6.92 Å². The monoisotopic (exact) mass is 388 g/mol. The van der Waals surface area contributed by atoms with Gasteiger partial charge in [-0.3, -0.25) is 9.59 Å². The summed E-state index contributed by atoms with van der Waals surface area (Å²) >= 11 is 1.42. The van der Waals surface area contributed by atoms with Gasteiger partial charge >= 0.3 is 0 Å². The molecule has 6 nitrogen and oxygen atoms in total. The van der Waals surface area contributed by atoms with Crippen LogP contribution in [0.1, 0.15) is 39.0 Å². The van der Waals surface area contributed by atoms with E-state index in [9.17, 15) is 9.59 Å². The Morgan fingerprint density at radius 3 is 2.63 bits per heavy atom. The first-order valence-corrected chi connectivity index (χ1v) is 9.71. The van der Waals surface area contributed by atoms with E-state index < -0.39 is 0 Å². The van der Waals surface area contributed by atoms with Crippen molar-refractivity contribution in [3.05, 3.63) is 45.6 Å². The molecule has 1 aliphatic rings. The van der Waals surface area contributed by atoms with E-state index in [1.165, 1.54) is 11.3 Å². The Hall–Kier alpha value is -2.54. The summed E-state index contributed by atoms with van der Waals surface area (Å²) in [5.41, 5.74) is 1.01. The smallest absolute Gasteiger partial charge is 0.261 e. The zero-order valence-corrected chi connectivity index (χ0v) is 16.6. The maximum atomic E-state index is 12.7. The Morgan fingerprint density at radius 2 is 1.96 bits per heavy atom. The molecule has 1 saturated heterocycles. The number of nitrogens with one attached hydrogen (secondary N) is 1. The lowest BCUT2D eigenvalue weighted by Gasteiger charge is -2.26. The molecule has 1 atom stereocenters. The summed E-state index contributed by atoms with van der Waals surface area (Å²) in [6.45, 7) is 2.63. The van der Waals surface area contributed by atoms with Crippen molar-refractivity contribution in [3.63, 3.8) is 0 Å². The van der Waals surface area contributed by atoms with E-state index in [-0.39, 0.29) is 24.4 Å². The SMILES string of the molecule is COc1ccc(C2CCCN2C(=O)CNC(=O)c2ccc(C)s2)cc1OC. The Bertz CT molecular complexity index is 833. The van der Waals surface area contributed by atoms with Gasteiger partial charge in [-0.1, -0.05) is 6.07 Å². The number of carbonyl (C=O) groups is 2. The number of ether oxygens (including phenoxy) is 2. The molecule has 144 valence electrons. The molecule has 27 heavy (non-hydrogen) atoms. The highest BCUT2D eigenvalue weighted by atomic mass is 32.1. The second-order valence-corrected chi connectivity index (χ2v) is 7.74. The van der Waals surface area contributed by atoms with Gasteiger partial charge in [0.05, 0.1) is 31.7 Å². The average Bonchev–Trinajstić information content (AvgIpc) is 3.34. The third-order valence-corrected chi connectivity index (χ3v) is 5.73. The number of thiophene rings is 1. The number of benzene rings is 1. The standard InChI is InChI=1S/C20H24N2O4S/c1-13-6-9-18(27-13)20(24)21-12-19(23)22-10-4-5-15(22)14-7-8-16(25-2)17(11-14)26-3/h6-9,11,15H,4-5,10,12H2,1-3H3,(H,21,24). The van der Waals surface area contributed by atoms with Crippen LogP contribution in [0.25, 0.3) is 0 Å². The maximum Gasteiger partial charge on any atom is 0.261 e. The molecule has 2 aromatic rings. The molecule has 0 radical (unpaired) electrons. The predicted octanol–water partition coefficient (Wildman–Crippen LogP) is 3.17. The Balaban J connectivity index is 1.66. The molecule has 0 bridgehead atoms. The molecule has 0 aliphatic carbocycles. The van der Waals surface area contributed by atoms with E-state index in [1.54, 1.807) is 20.3 Å². The van der Waals surface area contributed by atoms with Gasteiger partial charge in [-0.25, -0.2) is 0 Å². The lowest BCUT2D eigenvalue weighted by molar-refractivity contribution is -0.131. The summed E-state index contributed by atoms with van der Waals surface area (Å²) in [4.78, 5) is 28.4. The first-order chi connectivity index (χ1) is 13.0. The summed E-state index contributed by atoms with van der Waals surface area (Å²) in [5, 5.41) is 2.74. The number of rotatable bonds is 6. The van der Waals surface area contributed by atoms with Crippen LogP contribution in [0.4, 0.5) is 0 Å². The van der Waals surface area contributed by atoms with E-state index >= 15 is 0 Å². The molecule has 1 unspecified atom stereocenters. The van der Waals surface area contributed by atoms with E-state index in [0.717, 1.165) is 23.3 Å². The largest absolute Gasteiger partial charge is 0.493 e. The fraction of sp³-hybridized carbons (Fsp3) is 0.400. The predicted molar refractivity (Wildman–Crippen MR) is 105 cm³/mol. The molecule has 0 saturated carbocycles. The highest BCUT2D eigenvalue weighted by molar-refractivity contribution is 7.13. The zero-order valence-electron chi connectivity index (χ0n) is 15.8. The van der Waals surface area contributed by atoms with Gasteiger partial charge in [0, 0.05) is 11.4 Å². The molecule has 0 spiro atoms. The van der Waals surface area contributed by atoms with E-state index in [0.29, 0.717) is 22.9 Å². The zero-order chi connectivity index (χ0) is 19.4. The van der Waals surface area contributed by atoms with Crippen molar-refractivity contribution < 1.29 is 19.1 Å². The number of hydrogen-bond donors (Lipinski definition) is 1. The summed E-state index contributed by atoms with van der Waals surface area (Å²) in [6, 6.07) is 9.40. The normalized spacial score (nSPS) is 16.3. The fourth-order valence-corrected chi connectivity index (χ4v) is 4.16. The van der Waals surface area contributed by atoms with E-state index in [1.807, 2.05) is 36.1 Å². The minimum atomic E-state index is -0.205. The molecule has 2 amide bonds. The number of methoxy groups -OCH3 is 2. The van der Waals surface area contributed by atoms with Crippen LogP contribution >= 0.6 is 11.3 Å². The summed E-state index contributed by atoms with van der Waals surface area (Å²) < 4.78 is 10.7. The average molecular weight is 388 g/mol. The Morgan fingerprint density at radius 1 is 1.19 bits per heavy atom. The van der Waals surface area contributed by atoms with Gasteiger partial charge in [-0.05, 0) is 49.6 Å². The maximum absolute atomic E-state index is 12.7. The first kappa shape index (κ1) is 19.2. The molecule has 3 rings (SSSR count). The molecule has 7 heteroatoms. The van der Waals surface area contributed by atoms with Crippen LogP contribution in [0.2, 0.25) is 0 Å². The summed E-state index contributed by atoms with van der Waals surface area (Å²) in [6.07, 6.45) is 1.82. The molecule has 1 fully saturated rings. The number of amides is 2. The number of nitrogens with zero attached hydrogens (tertiary/aromatic N) is 1. The molecule has 1 N–H and O–H groups in total. The Labute approximate surface area is 163 Å². The van der Waals surface area contributed by atoms with Gasteiger partial charge < -0.3 is 19.7 Å². The van der Waals surface area contributed by atoms with Gasteiger partial charge in [0.2, 0.25) is 5.91 Å². The van der Waals surface area contributed by atoms with Crippen LogP contribution in [0.15, 0.2) is 30.3 Å². The highest BCUT2D eigenvalue weighted by Crippen LogP contribution is 2.36. The van der Waals surface area contributed by atoms with Crippen LogP contribution in [0.3, 0.4) is 0 Å². The van der Waals surface area contributed by atoms with Gasteiger partial charge in [-0.2, -0.15) is 0 Å². The van der Waals surface area contributed by atoms with Gasteiger partial charge in [0.25, 0.3) is 5.91 Å². The lowest BCUT2D eigenvalue weighted by Crippen LogP contribution is -2.39. The topological polar surface area (TPSA) is 67.9 Å². The number of carbonyl (C=O) groups excluding carboxylic acids is 2. The van der Waals surface area contributed by atoms with Crippen LogP contribution in [0.5, 0.6) is 11.5 Å². The minimum Gasteiger partial charge on any atom is -0.493 e. The summed E-state index contributed by atoms with van der Waals surface area (Å²) in [7, 11) is 3.20. The van der Waals surface area contributed by atoms with Crippen molar-refractivity contribution in [1.29, 1.82) is 0 Å². The van der Waals surface area contributed by atoms with Crippen molar-refractivity contribution in [2.75, 3.05) is 27.3 Å². The second-order valence-electron chi connectivity index (χ2n) is 6.45. The molecule has 1 aliphatic heterocycles. The quantitative estimate of drug-likeness (QED) is 0.825. The van der Waals surface area contributed by atoms with Crippen molar-refractivity contribution in [2.45, 2.75) is 25.8 Å². The highest BCUT2D eigenvalue weighted by Gasteiger charge is 2.30. The molecule has 2 heterocycles.